The highest BCUT2D eigenvalue weighted by atomic mass is 32.2. The number of carbonyl (C=O) groups excluding carboxylic acids is 3. The van der Waals surface area contributed by atoms with E-state index in [1.807, 2.05) is 41.9 Å². The Balaban J connectivity index is 1.31. The number of imide groups is 1. The lowest BCUT2D eigenvalue weighted by Gasteiger charge is -2.21. The van der Waals surface area contributed by atoms with Crippen LogP contribution in [-0.4, -0.2) is 48.9 Å². The minimum Gasteiger partial charge on any atom is -0.322 e. The first-order chi connectivity index (χ1) is 14.4. The zero-order chi connectivity index (χ0) is 21.3. The van der Waals surface area contributed by atoms with E-state index in [2.05, 4.69) is 20.9 Å². The molecule has 0 unspecified atom stereocenters. The van der Waals surface area contributed by atoms with Crippen LogP contribution in [0, 0.1) is 0 Å². The lowest BCUT2D eigenvalue weighted by molar-refractivity contribution is -0.138. The van der Waals surface area contributed by atoms with E-state index in [0.717, 1.165) is 29.2 Å². The molecular formula is C20H24N6O3S. The van der Waals surface area contributed by atoms with Gasteiger partial charge in [-0.3, -0.25) is 15.0 Å². The molecule has 2 aromatic rings. The van der Waals surface area contributed by atoms with E-state index in [1.54, 1.807) is 6.92 Å². The van der Waals surface area contributed by atoms with Gasteiger partial charge in [0.15, 0.2) is 5.16 Å². The normalized spacial score (nSPS) is 21.1. The molecule has 2 fully saturated rings. The number of urea groups is 1. The van der Waals surface area contributed by atoms with Crippen LogP contribution in [0.4, 0.5) is 4.79 Å². The predicted octanol–water partition coefficient (Wildman–Crippen LogP) is 1.76. The van der Waals surface area contributed by atoms with Crippen molar-refractivity contribution in [2.45, 2.75) is 49.2 Å². The molecule has 0 spiro atoms. The molecule has 1 aliphatic carbocycles. The van der Waals surface area contributed by atoms with E-state index >= 15 is 0 Å². The topological polar surface area (TPSA) is 109 Å². The van der Waals surface area contributed by atoms with Crippen LogP contribution in [-0.2, 0) is 23.1 Å². The van der Waals surface area contributed by atoms with Crippen molar-refractivity contribution < 1.29 is 14.4 Å². The fraction of sp³-hybridized carbons (Fsp3) is 0.450. The number of hydrogen-bond acceptors (Lipinski definition) is 6. The Labute approximate surface area is 178 Å². The van der Waals surface area contributed by atoms with Crippen LogP contribution in [0.1, 0.15) is 43.5 Å². The molecule has 1 aliphatic heterocycles. The molecule has 0 bridgehead atoms. The summed E-state index contributed by atoms with van der Waals surface area (Å²) in [4.78, 5) is 37.5. The fourth-order valence-corrected chi connectivity index (χ4v) is 4.14. The maximum absolute atomic E-state index is 12.8. The van der Waals surface area contributed by atoms with E-state index in [1.165, 1.54) is 11.8 Å². The molecule has 1 aromatic carbocycles. The van der Waals surface area contributed by atoms with Crippen molar-refractivity contribution in [1.82, 2.24) is 30.5 Å². The number of carbonyl (C=O) groups is 3. The second kappa shape index (κ2) is 8.10. The number of rotatable bonds is 8. The summed E-state index contributed by atoms with van der Waals surface area (Å²) in [6, 6.07) is 9.12. The summed E-state index contributed by atoms with van der Waals surface area (Å²) >= 11 is 1.22. The molecule has 30 heavy (non-hydrogen) atoms. The molecule has 1 aromatic heterocycles. The van der Waals surface area contributed by atoms with Crippen LogP contribution in [0.2, 0.25) is 0 Å². The number of thioether (sulfide) groups is 1. The summed E-state index contributed by atoms with van der Waals surface area (Å²) in [6.07, 6.45) is 3.31. The zero-order valence-corrected chi connectivity index (χ0v) is 17.7. The van der Waals surface area contributed by atoms with Gasteiger partial charge in [0.2, 0.25) is 5.91 Å². The van der Waals surface area contributed by atoms with Crippen LogP contribution in [0.3, 0.4) is 0 Å². The number of hydrazine groups is 1. The standard InChI is InChI=1S/C20H24N6O3S/c1-20(11-10-13-6-4-3-5-7-13)17(28)26(18(29)21-20)24-15(27)12-30-19-23-22-16(25(19)2)14-8-9-14/h3-7,14H,8-12H2,1-2H3,(H,21,29)(H,24,27)/t20-/m1/s1. The van der Waals surface area contributed by atoms with Crippen LogP contribution >= 0.6 is 11.8 Å². The summed E-state index contributed by atoms with van der Waals surface area (Å²) < 4.78 is 1.89. The van der Waals surface area contributed by atoms with Crippen LogP contribution in [0.25, 0.3) is 0 Å². The van der Waals surface area contributed by atoms with Gasteiger partial charge < -0.3 is 9.88 Å². The van der Waals surface area contributed by atoms with Crippen molar-refractivity contribution in [3.8, 4) is 0 Å². The van der Waals surface area contributed by atoms with Gasteiger partial charge >= 0.3 is 6.03 Å². The molecule has 158 valence electrons. The van der Waals surface area contributed by atoms with E-state index in [0.29, 0.717) is 23.9 Å². The van der Waals surface area contributed by atoms with Crippen molar-refractivity contribution in [2.75, 3.05) is 5.75 Å². The summed E-state index contributed by atoms with van der Waals surface area (Å²) in [6.45, 7) is 1.68. The average molecular weight is 429 g/mol. The lowest BCUT2D eigenvalue weighted by atomic mass is 9.93. The highest BCUT2D eigenvalue weighted by Crippen LogP contribution is 2.39. The van der Waals surface area contributed by atoms with Gasteiger partial charge in [0.1, 0.15) is 11.4 Å². The minimum atomic E-state index is -1.06. The Hall–Kier alpha value is -2.88. The van der Waals surface area contributed by atoms with Gasteiger partial charge in [-0.25, -0.2) is 4.79 Å². The quantitative estimate of drug-likeness (QED) is 0.490. The Morgan fingerprint density at radius 3 is 2.70 bits per heavy atom. The fourth-order valence-electron chi connectivity index (χ4n) is 3.43. The van der Waals surface area contributed by atoms with Crippen LogP contribution in [0.15, 0.2) is 35.5 Å². The lowest BCUT2D eigenvalue weighted by Crippen LogP contribution is -2.49. The van der Waals surface area contributed by atoms with Crippen molar-refractivity contribution >= 4 is 29.6 Å². The van der Waals surface area contributed by atoms with Gasteiger partial charge in [-0.05, 0) is 38.2 Å². The first kappa shape index (κ1) is 20.4. The van der Waals surface area contributed by atoms with Crippen molar-refractivity contribution in [1.29, 1.82) is 0 Å². The average Bonchev–Trinajstić information content (AvgIpc) is 3.47. The maximum atomic E-state index is 12.8. The highest BCUT2D eigenvalue weighted by Gasteiger charge is 2.48. The van der Waals surface area contributed by atoms with Crippen molar-refractivity contribution in [3.63, 3.8) is 0 Å². The molecule has 2 aliphatic rings. The molecule has 9 nitrogen and oxygen atoms in total. The molecule has 1 saturated heterocycles. The van der Waals surface area contributed by atoms with Crippen LogP contribution < -0.4 is 10.7 Å². The van der Waals surface area contributed by atoms with E-state index < -0.39 is 23.4 Å². The molecule has 0 radical (unpaired) electrons. The molecule has 2 heterocycles. The number of hydrogen-bond donors (Lipinski definition) is 2. The Morgan fingerprint density at radius 2 is 2.00 bits per heavy atom. The van der Waals surface area contributed by atoms with Crippen molar-refractivity contribution in [3.05, 3.63) is 41.7 Å². The second-order valence-corrected chi connectivity index (χ2v) is 8.83. The number of aromatic nitrogens is 3. The smallest absolute Gasteiger partial charge is 0.322 e. The molecular weight excluding hydrogens is 404 g/mol. The van der Waals surface area contributed by atoms with E-state index in [-0.39, 0.29) is 5.75 Å². The number of nitrogens with one attached hydrogen (secondary N) is 2. The summed E-state index contributed by atoms with van der Waals surface area (Å²) in [5, 5.41) is 12.4. The first-order valence-corrected chi connectivity index (χ1v) is 10.9. The number of amides is 4. The number of nitrogens with zero attached hydrogens (tertiary/aromatic N) is 4. The first-order valence-electron chi connectivity index (χ1n) is 9.89. The largest absolute Gasteiger partial charge is 0.344 e. The summed E-state index contributed by atoms with van der Waals surface area (Å²) in [7, 11) is 1.88. The van der Waals surface area contributed by atoms with Gasteiger partial charge in [0, 0.05) is 13.0 Å². The predicted molar refractivity (Wildman–Crippen MR) is 110 cm³/mol. The third-order valence-corrected chi connectivity index (χ3v) is 6.42. The van der Waals surface area contributed by atoms with Gasteiger partial charge in [0.05, 0.1) is 5.75 Å². The monoisotopic (exact) mass is 428 g/mol. The molecule has 2 N–H and O–H groups in total. The summed E-state index contributed by atoms with van der Waals surface area (Å²) in [5.41, 5.74) is 2.44. The second-order valence-electron chi connectivity index (χ2n) is 7.89. The third-order valence-electron chi connectivity index (χ3n) is 5.40. The van der Waals surface area contributed by atoms with E-state index in [9.17, 15) is 14.4 Å². The van der Waals surface area contributed by atoms with Gasteiger partial charge in [-0.1, -0.05) is 42.1 Å². The number of benzene rings is 1. The minimum absolute atomic E-state index is 0.0223. The Kier molecular flexibility index (Phi) is 5.50. The molecule has 4 amide bonds. The van der Waals surface area contributed by atoms with Crippen LogP contribution in [0.5, 0.6) is 0 Å². The van der Waals surface area contributed by atoms with Crippen molar-refractivity contribution in [2.24, 2.45) is 7.05 Å². The molecule has 1 atom stereocenters. The third kappa shape index (κ3) is 4.18. The Bertz CT molecular complexity index is 974. The number of aryl methyl sites for hydroxylation is 1. The molecule has 10 heteroatoms. The molecule has 4 rings (SSSR count). The van der Waals surface area contributed by atoms with Gasteiger partial charge in [0.25, 0.3) is 5.91 Å². The highest BCUT2D eigenvalue weighted by molar-refractivity contribution is 7.99. The zero-order valence-electron chi connectivity index (χ0n) is 16.9. The SMILES string of the molecule is Cn1c(SCC(=O)NN2C(=O)N[C@](C)(CCc3ccccc3)C2=O)nnc1C1CC1. The van der Waals surface area contributed by atoms with E-state index in [4.69, 9.17) is 0 Å². The summed E-state index contributed by atoms with van der Waals surface area (Å²) in [5.74, 6) is 0.503. The molecule has 1 saturated carbocycles. The van der Waals surface area contributed by atoms with Gasteiger partial charge in [-0.2, -0.15) is 5.01 Å². The maximum Gasteiger partial charge on any atom is 0.344 e. The Morgan fingerprint density at radius 1 is 1.27 bits per heavy atom. The van der Waals surface area contributed by atoms with Gasteiger partial charge in [-0.15, -0.1) is 10.2 Å².